The molecule has 0 atom stereocenters. The van der Waals surface area contributed by atoms with Crippen LogP contribution in [0.2, 0.25) is 0 Å². The van der Waals surface area contributed by atoms with Crippen molar-refractivity contribution in [3.05, 3.63) is 6.54 Å². The minimum Gasteiger partial charge on any atom is -0.483 e. The molecule has 0 aromatic heterocycles. The van der Waals surface area contributed by atoms with Gasteiger partial charge in [-0.25, -0.2) is 0 Å². The van der Waals surface area contributed by atoms with Crippen molar-refractivity contribution >= 4 is 9.05 Å². The molecule has 0 aliphatic carbocycles. The first-order chi connectivity index (χ1) is 3.91. The average molecular weight is 193 g/mol. The molecule has 7 heteroatoms. The molecule has 6 N–H and O–H groups in total. The van der Waals surface area contributed by atoms with Gasteiger partial charge in [0.25, 0.3) is 0 Å². The molecule has 0 unspecified atom stereocenters. The molecule has 0 bridgehead atoms. The quantitative estimate of drug-likeness (QED) is 0.212. The van der Waals surface area contributed by atoms with E-state index >= 15 is 0 Å². The molecule has 0 aromatic rings. The second-order valence-corrected chi connectivity index (χ2v) is 2.44. The van der Waals surface area contributed by atoms with Crippen LogP contribution in [-0.2, 0) is 0 Å². The summed E-state index contributed by atoms with van der Waals surface area (Å²) in [7, 11) is -4.61. The summed E-state index contributed by atoms with van der Waals surface area (Å²) >= 11 is 0. The molecule has 0 aliphatic heterocycles. The van der Waals surface area contributed by atoms with E-state index in [1.165, 1.54) is 0 Å². The molecule has 5 nitrogen and oxygen atoms in total. The van der Waals surface area contributed by atoms with Crippen LogP contribution < -0.4 is 57.1 Å². The normalized spacial score (nSPS) is 9.00. The second-order valence-electron chi connectivity index (χ2n) is 1.24. The van der Waals surface area contributed by atoms with Crippen molar-refractivity contribution in [3.63, 3.8) is 0 Å². The van der Waals surface area contributed by atoms with Gasteiger partial charge in [0, 0.05) is 0 Å². The Morgan fingerprint density at radius 3 is 1.40 bits per heavy atom. The third kappa shape index (κ3) is 103. The zero-order valence-electron chi connectivity index (χ0n) is 6.15. The maximum Gasteiger partial charge on any atom is 1.00 e. The monoisotopic (exact) mass is 193 g/mol. The third-order valence-corrected chi connectivity index (χ3v) is 0.236. The van der Waals surface area contributed by atoms with E-state index in [4.69, 9.17) is 24.9 Å². The molecule has 0 saturated heterocycles. The Kier molecular flexibility index (Phi) is 18.8. The van der Waals surface area contributed by atoms with Crippen LogP contribution in [0, 0.1) is 6.54 Å². The fraction of sp³-hybridized carbons (Fsp3) is 0.667. The number of nitrogens with two attached hydrogens (primary N) is 1. The molecule has 0 spiro atoms. The predicted octanol–water partition coefficient (Wildman–Crippen LogP) is -5.09. The van der Waals surface area contributed by atoms with Gasteiger partial charge in [0.2, 0.25) is 0 Å². The summed E-state index contributed by atoms with van der Waals surface area (Å²) < 4.78 is 0. The topological polar surface area (TPSA) is 107 Å². The van der Waals surface area contributed by atoms with Gasteiger partial charge in [-0.15, -0.1) is 0 Å². The van der Waals surface area contributed by atoms with Crippen molar-refractivity contribution in [3.8, 4) is 0 Å². The van der Waals surface area contributed by atoms with Crippen LogP contribution in [0.1, 0.15) is 13.3 Å². The van der Waals surface area contributed by atoms with Gasteiger partial charge in [0.1, 0.15) is 0 Å². The summed E-state index contributed by atoms with van der Waals surface area (Å²) in [5.41, 5.74) is 4.90. The molecular formula is C3H12KNO4Si. The predicted molar refractivity (Wildman–Crippen MR) is 33.4 cm³/mol. The number of hydrogen-bond acceptors (Lipinski definition) is 5. The van der Waals surface area contributed by atoms with Crippen LogP contribution in [0.3, 0.4) is 0 Å². The Hall–Kier alpha value is 1.65. The summed E-state index contributed by atoms with van der Waals surface area (Å²) in [5.74, 6) is 0. The Morgan fingerprint density at radius 2 is 1.40 bits per heavy atom. The van der Waals surface area contributed by atoms with Crippen LogP contribution in [0.25, 0.3) is 0 Å². The van der Waals surface area contributed by atoms with Gasteiger partial charge in [-0.1, -0.05) is 6.92 Å². The second kappa shape index (κ2) is 10.7. The molecule has 0 aromatic carbocycles. The van der Waals surface area contributed by atoms with Crippen LogP contribution in [0.15, 0.2) is 0 Å². The zero-order valence-corrected chi connectivity index (χ0v) is 10.3. The van der Waals surface area contributed by atoms with E-state index < -0.39 is 9.05 Å². The SMILES string of the molecule is CC[CH-]N.O[Si](O)(O)O.[K+]. The summed E-state index contributed by atoms with van der Waals surface area (Å²) in [5, 5.41) is 0. The summed E-state index contributed by atoms with van der Waals surface area (Å²) in [6, 6.07) is 0. The van der Waals surface area contributed by atoms with Gasteiger partial charge in [-0.2, -0.15) is 6.42 Å². The largest absolute Gasteiger partial charge is 1.00 e. The van der Waals surface area contributed by atoms with E-state index in [1.807, 2.05) is 6.92 Å². The van der Waals surface area contributed by atoms with Crippen molar-refractivity contribution in [1.29, 1.82) is 0 Å². The fourth-order valence-electron chi connectivity index (χ4n) is 0. The van der Waals surface area contributed by atoms with E-state index in [1.54, 1.807) is 6.54 Å². The first-order valence-corrected chi connectivity index (χ1v) is 4.13. The van der Waals surface area contributed by atoms with Crippen molar-refractivity contribution < 1.29 is 70.6 Å². The Labute approximate surface area is 104 Å². The number of rotatable bonds is 1. The summed E-state index contributed by atoms with van der Waals surface area (Å²) in [6.07, 6.45) is 0.972. The minimum atomic E-state index is -4.61. The van der Waals surface area contributed by atoms with E-state index in [0.717, 1.165) is 6.42 Å². The first-order valence-electron chi connectivity index (χ1n) is 2.34. The third-order valence-electron chi connectivity index (χ3n) is 0.236. The molecule has 0 fully saturated rings. The standard InChI is InChI=1S/C3H8N.K.H4O4Si/c1-2-3-4;;1-5(2,3)4/h3H,2,4H2,1H3;;1-4H/q-1;+1;. The van der Waals surface area contributed by atoms with Gasteiger partial charge in [-0.3, -0.25) is 6.54 Å². The van der Waals surface area contributed by atoms with Gasteiger partial charge in [0.15, 0.2) is 0 Å². The molecule has 0 aliphatic rings. The molecule has 0 radical (unpaired) electrons. The van der Waals surface area contributed by atoms with Gasteiger partial charge < -0.3 is 24.9 Å². The minimum absolute atomic E-state index is 0. The van der Waals surface area contributed by atoms with E-state index in [0.29, 0.717) is 0 Å². The molecule has 0 rings (SSSR count). The van der Waals surface area contributed by atoms with Gasteiger partial charge >= 0.3 is 60.4 Å². The molecule has 0 heterocycles. The summed E-state index contributed by atoms with van der Waals surface area (Å²) in [4.78, 5) is 29.3. The van der Waals surface area contributed by atoms with Gasteiger partial charge in [0.05, 0.1) is 0 Å². The summed E-state index contributed by atoms with van der Waals surface area (Å²) in [6.45, 7) is 3.62. The maximum absolute atomic E-state index is 7.33. The zero-order chi connectivity index (χ0) is 7.91. The van der Waals surface area contributed by atoms with Crippen LogP contribution >= 0.6 is 0 Å². The van der Waals surface area contributed by atoms with E-state index in [2.05, 4.69) is 0 Å². The maximum atomic E-state index is 7.33. The van der Waals surface area contributed by atoms with E-state index in [9.17, 15) is 0 Å². The first kappa shape index (κ1) is 17.7. The molecule has 10 heavy (non-hydrogen) atoms. The Balaban J connectivity index is -0.0000000910. The Morgan fingerprint density at radius 1 is 1.30 bits per heavy atom. The molecule has 58 valence electrons. The Bertz CT molecular complexity index is 51.0. The van der Waals surface area contributed by atoms with Crippen molar-refractivity contribution in [2.75, 3.05) is 0 Å². The van der Waals surface area contributed by atoms with Gasteiger partial charge in [-0.05, 0) is 0 Å². The van der Waals surface area contributed by atoms with Crippen molar-refractivity contribution in [1.82, 2.24) is 0 Å². The van der Waals surface area contributed by atoms with E-state index in [-0.39, 0.29) is 51.4 Å². The van der Waals surface area contributed by atoms with Crippen molar-refractivity contribution in [2.45, 2.75) is 13.3 Å². The molecule has 0 saturated carbocycles. The van der Waals surface area contributed by atoms with Crippen LogP contribution in [0.4, 0.5) is 0 Å². The smallest absolute Gasteiger partial charge is 0.483 e. The number of hydrogen-bond donors (Lipinski definition) is 5. The fourth-order valence-corrected chi connectivity index (χ4v) is 0. The van der Waals surface area contributed by atoms with Crippen molar-refractivity contribution in [2.24, 2.45) is 5.73 Å². The molecular weight excluding hydrogens is 181 g/mol. The van der Waals surface area contributed by atoms with Crippen LogP contribution in [0.5, 0.6) is 0 Å². The molecule has 0 amide bonds. The average Bonchev–Trinajstić information content (AvgIpc) is 1.61. The van der Waals surface area contributed by atoms with Crippen LogP contribution in [-0.4, -0.2) is 28.2 Å².